The first-order valence-corrected chi connectivity index (χ1v) is 6.27. The monoisotopic (exact) mass is 275 g/mol. The Balaban J connectivity index is 1.71. The van der Waals surface area contributed by atoms with E-state index >= 15 is 0 Å². The normalized spacial score (nSPS) is 10.2. The van der Waals surface area contributed by atoms with Crippen molar-refractivity contribution < 1.29 is 14.3 Å². The lowest BCUT2D eigenvalue weighted by Crippen LogP contribution is -2.18. The molecule has 1 heterocycles. The first-order valence-electron chi connectivity index (χ1n) is 6.27. The van der Waals surface area contributed by atoms with Gasteiger partial charge >= 0.3 is 5.97 Å². The average molecular weight is 275 g/mol. The van der Waals surface area contributed by atoms with Gasteiger partial charge in [-0.1, -0.05) is 12.1 Å². The molecule has 0 unspecified atom stereocenters. The second-order valence-corrected chi connectivity index (χ2v) is 4.21. The minimum absolute atomic E-state index is 0.156. The zero-order chi connectivity index (χ0) is 14.4. The summed E-state index contributed by atoms with van der Waals surface area (Å²) in [6.07, 6.45) is 3.54. The Kier molecular flexibility index (Phi) is 4.60. The maximum absolute atomic E-state index is 11.5. The van der Waals surface area contributed by atoms with Gasteiger partial charge in [0.25, 0.3) is 0 Å². The van der Waals surface area contributed by atoms with E-state index in [4.69, 9.17) is 15.2 Å². The number of nitrogens with two attached hydrogens (primary N) is 1. The van der Waals surface area contributed by atoms with Gasteiger partial charge in [0.15, 0.2) is 6.61 Å². The fourth-order valence-electron chi connectivity index (χ4n) is 1.69. The third-order valence-corrected chi connectivity index (χ3v) is 2.78. The van der Waals surface area contributed by atoms with E-state index in [9.17, 15) is 4.79 Å². The molecule has 106 valence electrons. The van der Waals surface area contributed by atoms with Crippen LogP contribution in [0, 0.1) is 6.92 Å². The number of aryl methyl sites for hydroxylation is 1. The van der Waals surface area contributed by atoms with Gasteiger partial charge in [0.05, 0.1) is 12.2 Å². The number of imidazole rings is 1. The Labute approximate surface area is 117 Å². The van der Waals surface area contributed by atoms with E-state index in [1.54, 1.807) is 30.5 Å². The van der Waals surface area contributed by atoms with E-state index in [1.165, 1.54) is 0 Å². The number of nitrogen functional groups attached to an aromatic ring is 1. The molecule has 6 heteroatoms. The Morgan fingerprint density at radius 2 is 2.20 bits per heavy atom. The van der Waals surface area contributed by atoms with E-state index < -0.39 is 5.97 Å². The number of aromatic nitrogens is 2. The van der Waals surface area contributed by atoms with Crippen molar-refractivity contribution in [3.63, 3.8) is 0 Å². The average Bonchev–Trinajstić information content (AvgIpc) is 2.84. The summed E-state index contributed by atoms with van der Waals surface area (Å²) in [5.41, 5.74) is 6.20. The van der Waals surface area contributed by atoms with Gasteiger partial charge in [-0.05, 0) is 19.1 Å². The predicted octanol–water partition coefficient (Wildman–Crippen LogP) is 1.40. The number of hydrogen-bond acceptors (Lipinski definition) is 5. The summed E-state index contributed by atoms with van der Waals surface area (Å²) in [5.74, 6) is 0.940. The smallest absolute Gasteiger partial charge is 0.344 e. The molecule has 2 rings (SSSR count). The highest BCUT2D eigenvalue weighted by molar-refractivity contribution is 5.71. The first-order chi connectivity index (χ1) is 9.66. The van der Waals surface area contributed by atoms with Crippen LogP contribution < -0.4 is 10.5 Å². The molecule has 0 radical (unpaired) electrons. The minimum Gasteiger partial charge on any atom is -0.480 e. The summed E-state index contributed by atoms with van der Waals surface area (Å²) >= 11 is 0. The lowest BCUT2D eigenvalue weighted by Gasteiger charge is -2.09. The summed E-state index contributed by atoms with van der Waals surface area (Å²) in [4.78, 5) is 15.6. The van der Waals surface area contributed by atoms with Crippen molar-refractivity contribution in [3.05, 3.63) is 42.5 Å². The van der Waals surface area contributed by atoms with Gasteiger partial charge in [-0.25, -0.2) is 9.78 Å². The molecular formula is C14H17N3O3. The van der Waals surface area contributed by atoms with Crippen molar-refractivity contribution in [1.29, 1.82) is 0 Å². The SMILES string of the molecule is Cc1nccn1CCOC(=O)COc1ccccc1N. The maximum Gasteiger partial charge on any atom is 0.344 e. The van der Waals surface area contributed by atoms with Crippen LogP contribution in [0.2, 0.25) is 0 Å². The van der Waals surface area contributed by atoms with Crippen molar-refractivity contribution >= 4 is 11.7 Å². The van der Waals surface area contributed by atoms with Gasteiger partial charge in [0, 0.05) is 12.4 Å². The van der Waals surface area contributed by atoms with Crippen molar-refractivity contribution in [3.8, 4) is 5.75 Å². The number of esters is 1. The molecule has 0 fully saturated rings. The van der Waals surface area contributed by atoms with E-state index in [-0.39, 0.29) is 13.2 Å². The van der Waals surface area contributed by atoms with Gasteiger partial charge in [-0.3, -0.25) is 0 Å². The Bertz CT molecular complexity index is 581. The van der Waals surface area contributed by atoms with Crippen LogP contribution in [0.5, 0.6) is 5.75 Å². The van der Waals surface area contributed by atoms with Gasteiger partial charge in [0.2, 0.25) is 0 Å². The van der Waals surface area contributed by atoms with Gasteiger partial charge in [-0.15, -0.1) is 0 Å². The number of para-hydroxylation sites is 2. The van der Waals surface area contributed by atoms with Crippen LogP contribution in [-0.4, -0.2) is 28.7 Å². The van der Waals surface area contributed by atoms with Crippen LogP contribution in [0.4, 0.5) is 5.69 Å². The molecule has 1 aromatic heterocycles. The van der Waals surface area contributed by atoms with Crippen LogP contribution >= 0.6 is 0 Å². The number of carbonyl (C=O) groups excluding carboxylic acids is 1. The predicted molar refractivity (Wildman–Crippen MR) is 74.3 cm³/mol. The van der Waals surface area contributed by atoms with Gasteiger partial charge < -0.3 is 19.8 Å². The van der Waals surface area contributed by atoms with E-state index in [0.717, 1.165) is 5.82 Å². The van der Waals surface area contributed by atoms with Crippen molar-refractivity contribution in [1.82, 2.24) is 9.55 Å². The lowest BCUT2D eigenvalue weighted by molar-refractivity contribution is -0.146. The Morgan fingerprint density at radius 3 is 2.90 bits per heavy atom. The summed E-state index contributed by atoms with van der Waals surface area (Å²) in [6, 6.07) is 7.01. The quantitative estimate of drug-likeness (QED) is 0.636. The summed E-state index contributed by atoms with van der Waals surface area (Å²) in [5, 5.41) is 0. The molecule has 0 saturated heterocycles. The van der Waals surface area contributed by atoms with E-state index in [0.29, 0.717) is 18.0 Å². The number of carbonyl (C=O) groups is 1. The van der Waals surface area contributed by atoms with Crippen LogP contribution in [0.15, 0.2) is 36.7 Å². The molecule has 0 aliphatic heterocycles. The molecule has 0 aliphatic carbocycles. The standard InChI is InChI=1S/C14H17N3O3/c1-11-16-6-7-17(11)8-9-19-14(18)10-20-13-5-3-2-4-12(13)15/h2-7H,8-10,15H2,1H3. The zero-order valence-electron chi connectivity index (χ0n) is 11.3. The molecule has 2 N–H and O–H groups in total. The highest BCUT2D eigenvalue weighted by atomic mass is 16.6. The number of nitrogens with zero attached hydrogens (tertiary/aromatic N) is 2. The molecule has 0 amide bonds. The number of rotatable bonds is 6. The molecule has 0 spiro atoms. The number of hydrogen-bond donors (Lipinski definition) is 1. The molecule has 0 bridgehead atoms. The van der Waals surface area contributed by atoms with Crippen molar-refractivity contribution in [2.45, 2.75) is 13.5 Å². The number of anilines is 1. The molecule has 2 aromatic rings. The lowest BCUT2D eigenvalue weighted by atomic mass is 10.3. The summed E-state index contributed by atoms with van der Waals surface area (Å²) in [7, 11) is 0. The molecule has 0 aliphatic rings. The maximum atomic E-state index is 11.5. The molecule has 0 atom stereocenters. The Hall–Kier alpha value is -2.50. The van der Waals surface area contributed by atoms with Crippen LogP contribution in [0.25, 0.3) is 0 Å². The van der Waals surface area contributed by atoms with E-state index in [2.05, 4.69) is 4.98 Å². The topological polar surface area (TPSA) is 79.4 Å². The van der Waals surface area contributed by atoms with Gasteiger partial charge in [-0.2, -0.15) is 0 Å². The third-order valence-electron chi connectivity index (χ3n) is 2.78. The van der Waals surface area contributed by atoms with Crippen LogP contribution in [-0.2, 0) is 16.1 Å². The minimum atomic E-state index is -0.425. The highest BCUT2D eigenvalue weighted by Gasteiger charge is 2.06. The molecule has 6 nitrogen and oxygen atoms in total. The molecule has 0 saturated carbocycles. The van der Waals surface area contributed by atoms with Crippen molar-refractivity contribution in [2.24, 2.45) is 0 Å². The van der Waals surface area contributed by atoms with Crippen molar-refractivity contribution in [2.75, 3.05) is 18.9 Å². The second kappa shape index (κ2) is 6.60. The summed E-state index contributed by atoms with van der Waals surface area (Å²) < 4.78 is 12.3. The van der Waals surface area contributed by atoms with E-state index in [1.807, 2.05) is 17.7 Å². The fraction of sp³-hybridized carbons (Fsp3) is 0.286. The molecule has 1 aromatic carbocycles. The largest absolute Gasteiger partial charge is 0.480 e. The first kappa shape index (κ1) is 13.9. The number of benzene rings is 1. The fourth-order valence-corrected chi connectivity index (χ4v) is 1.69. The molecule has 20 heavy (non-hydrogen) atoms. The third kappa shape index (κ3) is 3.74. The summed E-state index contributed by atoms with van der Waals surface area (Å²) in [6.45, 7) is 2.59. The van der Waals surface area contributed by atoms with Gasteiger partial charge in [0.1, 0.15) is 18.2 Å². The van der Waals surface area contributed by atoms with Crippen LogP contribution in [0.3, 0.4) is 0 Å². The highest BCUT2D eigenvalue weighted by Crippen LogP contribution is 2.19. The van der Waals surface area contributed by atoms with Crippen LogP contribution in [0.1, 0.15) is 5.82 Å². The second-order valence-electron chi connectivity index (χ2n) is 4.21. The zero-order valence-corrected chi connectivity index (χ0v) is 11.3. The number of ether oxygens (including phenoxy) is 2. The molecular weight excluding hydrogens is 258 g/mol. The Morgan fingerprint density at radius 1 is 1.40 bits per heavy atom.